The molecule has 2 rings (SSSR count). The molecule has 0 fully saturated rings. The van der Waals surface area contributed by atoms with Gasteiger partial charge < -0.3 is 9.15 Å². The van der Waals surface area contributed by atoms with E-state index >= 15 is 0 Å². The first-order valence-electron chi connectivity index (χ1n) is 4.65. The number of nitriles is 1. The van der Waals surface area contributed by atoms with Crippen LogP contribution in [0.25, 0.3) is 0 Å². The van der Waals surface area contributed by atoms with Gasteiger partial charge in [0.25, 0.3) is 0 Å². The van der Waals surface area contributed by atoms with Gasteiger partial charge in [0, 0.05) is 4.47 Å². The highest BCUT2D eigenvalue weighted by Gasteiger charge is 2.07. The third-order valence-corrected chi connectivity index (χ3v) is 2.70. The van der Waals surface area contributed by atoms with Gasteiger partial charge in [0.2, 0.25) is 0 Å². The monoisotopic (exact) mass is 277 g/mol. The smallest absolute Gasteiger partial charge is 0.146 e. The van der Waals surface area contributed by atoms with E-state index in [-0.39, 0.29) is 0 Å². The summed E-state index contributed by atoms with van der Waals surface area (Å²) in [6.45, 7) is 0.318. The molecule has 0 bridgehead atoms. The van der Waals surface area contributed by atoms with Gasteiger partial charge in [-0.15, -0.1) is 0 Å². The number of nitrogens with zero attached hydrogens (tertiary/aromatic N) is 1. The first kappa shape index (κ1) is 10.8. The fraction of sp³-hybridized carbons (Fsp3) is 0.0833. The first-order valence-corrected chi connectivity index (χ1v) is 5.44. The van der Waals surface area contributed by atoms with E-state index in [9.17, 15) is 0 Å². The second kappa shape index (κ2) is 4.86. The Bertz CT molecular complexity index is 514. The lowest BCUT2D eigenvalue weighted by molar-refractivity contribution is 0.269. The predicted octanol–water partition coefficient (Wildman–Crippen LogP) is 3.49. The van der Waals surface area contributed by atoms with Gasteiger partial charge in [-0.2, -0.15) is 5.26 Å². The van der Waals surface area contributed by atoms with Crippen molar-refractivity contribution < 1.29 is 9.15 Å². The van der Waals surface area contributed by atoms with E-state index in [4.69, 9.17) is 14.4 Å². The van der Waals surface area contributed by atoms with E-state index in [0.29, 0.717) is 17.9 Å². The summed E-state index contributed by atoms with van der Waals surface area (Å²) in [7, 11) is 0. The molecule has 4 heteroatoms. The van der Waals surface area contributed by atoms with Gasteiger partial charge in [0.15, 0.2) is 0 Å². The Morgan fingerprint density at radius 2 is 2.19 bits per heavy atom. The van der Waals surface area contributed by atoms with E-state index in [2.05, 4.69) is 22.0 Å². The zero-order chi connectivity index (χ0) is 11.4. The third kappa shape index (κ3) is 2.26. The Labute approximate surface area is 101 Å². The number of furan rings is 1. The molecule has 0 spiro atoms. The standard InChI is InChI=1S/C12H8BrNO2/c13-11-4-1-5-12(10(11)7-14)16-8-9-3-2-6-15-9/h1-6H,8H2. The molecule has 0 radical (unpaired) electrons. The molecule has 0 amide bonds. The fourth-order valence-corrected chi connectivity index (χ4v) is 1.71. The third-order valence-electron chi connectivity index (χ3n) is 2.04. The minimum atomic E-state index is 0.318. The van der Waals surface area contributed by atoms with Gasteiger partial charge in [-0.3, -0.25) is 0 Å². The van der Waals surface area contributed by atoms with Crippen molar-refractivity contribution in [1.29, 1.82) is 5.26 Å². The maximum absolute atomic E-state index is 8.97. The Hall–Kier alpha value is -1.73. The van der Waals surface area contributed by atoms with Crippen LogP contribution in [-0.4, -0.2) is 0 Å². The van der Waals surface area contributed by atoms with Crippen LogP contribution in [0.5, 0.6) is 5.75 Å². The molecule has 0 unspecified atom stereocenters. The van der Waals surface area contributed by atoms with Crippen molar-refractivity contribution in [2.75, 3.05) is 0 Å². The molecule has 16 heavy (non-hydrogen) atoms. The largest absolute Gasteiger partial charge is 0.484 e. The lowest BCUT2D eigenvalue weighted by Gasteiger charge is -2.06. The van der Waals surface area contributed by atoms with Gasteiger partial charge in [-0.25, -0.2) is 0 Å². The van der Waals surface area contributed by atoms with Crippen molar-refractivity contribution in [3.63, 3.8) is 0 Å². The molecule has 1 heterocycles. The van der Waals surface area contributed by atoms with Crippen LogP contribution in [0.1, 0.15) is 11.3 Å². The lowest BCUT2D eigenvalue weighted by atomic mass is 10.2. The zero-order valence-corrected chi connectivity index (χ0v) is 9.90. The van der Waals surface area contributed by atoms with Crippen LogP contribution in [0, 0.1) is 11.3 Å². The summed E-state index contributed by atoms with van der Waals surface area (Å²) in [5.41, 5.74) is 0.494. The Balaban J connectivity index is 2.16. The summed E-state index contributed by atoms with van der Waals surface area (Å²) in [6, 6.07) is 11.1. The molecule has 0 aliphatic rings. The molecule has 80 valence electrons. The summed E-state index contributed by atoms with van der Waals surface area (Å²) >= 11 is 3.30. The maximum Gasteiger partial charge on any atom is 0.146 e. The molecule has 0 saturated heterocycles. The average molecular weight is 278 g/mol. The summed E-state index contributed by atoms with van der Waals surface area (Å²) < 4.78 is 11.4. The van der Waals surface area contributed by atoms with E-state index < -0.39 is 0 Å². The number of ether oxygens (including phenoxy) is 1. The number of rotatable bonds is 3. The molecule has 0 atom stereocenters. The van der Waals surface area contributed by atoms with Crippen molar-refractivity contribution in [2.24, 2.45) is 0 Å². The molecular weight excluding hydrogens is 270 g/mol. The highest BCUT2D eigenvalue weighted by atomic mass is 79.9. The quantitative estimate of drug-likeness (QED) is 0.863. The van der Waals surface area contributed by atoms with Crippen molar-refractivity contribution in [1.82, 2.24) is 0 Å². The number of hydrogen-bond acceptors (Lipinski definition) is 3. The molecule has 0 aliphatic heterocycles. The first-order chi connectivity index (χ1) is 7.81. The van der Waals surface area contributed by atoms with Crippen molar-refractivity contribution in [2.45, 2.75) is 6.61 Å². The summed E-state index contributed by atoms with van der Waals surface area (Å²) in [4.78, 5) is 0. The van der Waals surface area contributed by atoms with E-state index in [1.54, 1.807) is 24.5 Å². The van der Waals surface area contributed by atoms with Gasteiger partial charge in [-0.05, 0) is 40.2 Å². The zero-order valence-electron chi connectivity index (χ0n) is 8.31. The van der Waals surface area contributed by atoms with Crippen LogP contribution >= 0.6 is 15.9 Å². The van der Waals surface area contributed by atoms with Crippen molar-refractivity contribution >= 4 is 15.9 Å². The molecule has 0 saturated carbocycles. The maximum atomic E-state index is 8.97. The second-order valence-electron chi connectivity index (χ2n) is 3.09. The van der Waals surface area contributed by atoms with Crippen LogP contribution in [0.4, 0.5) is 0 Å². The second-order valence-corrected chi connectivity index (χ2v) is 3.95. The van der Waals surface area contributed by atoms with Gasteiger partial charge in [0.05, 0.1) is 6.26 Å². The Morgan fingerprint density at radius 1 is 1.31 bits per heavy atom. The molecule has 1 aromatic carbocycles. The topological polar surface area (TPSA) is 46.2 Å². The summed E-state index contributed by atoms with van der Waals surface area (Å²) in [5.74, 6) is 1.28. The van der Waals surface area contributed by atoms with E-state index in [1.807, 2.05) is 12.1 Å². The molecular formula is C12H8BrNO2. The van der Waals surface area contributed by atoms with Crippen LogP contribution in [0.15, 0.2) is 45.5 Å². The van der Waals surface area contributed by atoms with Crippen LogP contribution in [-0.2, 0) is 6.61 Å². The van der Waals surface area contributed by atoms with Gasteiger partial charge in [-0.1, -0.05) is 6.07 Å². The highest BCUT2D eigenvalue weighted by molar-refractivity contribution is 9.10. The Morgan fingerprint density at radius 3 is 2.88 bits per heavy atom. The van der Waals surface area contributed by atoms with Gasteiger partial charge in [0.1, 0.15) is 29.7 Å². The predicted molar refractivity (Wildman–Crippen MR) is 61.9 cm³/mol. The summed E-state index contributed by atoms with van der Waals surface area (Å²) in [5, 5.41) is 8.97. The van der Waals surface area contributed by atoms with E-state index in [1.165, 1.54) is 0 Å². The number of halogens is 1. The molecule has 0 N–H and O–H groups in total. The normalized spacial score (nSPS) is 9.75. The molecule has 3 nitrogen and oxygen atoms in total. The van der Waals surface area contributed by atoms with Crippen LogP contribution in [0.3, 0.4) is 0 Å². The summed E-state index contributed by atoms with van der Waals surface area (Å²) in [6.07, 6.45) is 1.59. The van der Waals surface area contributed by atoms with Crippen molar-refractivity contribution in [3.8, 4) is 11.8 Å². The highest BCUT2D eigenvalue weighted by Crippen LogP contribution is 2.26. The minimum Gasteiger partial charge on any atom is -0.484 e. The SMILES string of the molecule is N#Cc1c(Br)cccc1OCc1ccco1. The van der Waals surface area contributed by atoms with Gasteiger partial charge >= 0.3 is 0 Å². The number of hydrogen-bond donors (Lipinski definition) is 0. The number of benzene rings is 1. The fourth-order valence-electron chi connectivity index (χ4n) is 1.28. The Kier molecular flexibility index (Phi) is 3.28. The van der Waals surface area contributed by atoms with Crippen LogP contribution < -0.4 is 4.74 Å². The molecule has 2 aromatic rings. The van der Waals surface area contributed by atoms with Crippen LogP contribution in [0.2, 0.25) is 0 Å². The average Bonchev–Trinajstić information content (AvgIpc) is 2.79. The molecule has 0 aliphatic carbocycles. The van der Waals surface area contributed by atoms with E-state index in [0.717, 1.165) is 10.2 Å². The molecule has 1 aromatic heterocycles. The minimum absolute atomic E-state index is 0.318. The van der Waals surface area contributed by atoms with Crippen molar-refractivity contribution in [3.05, 3.63) is 52.4 Å². The lowest BCUT2D eigenvalue weighted by Crippen LogP contribution is -1.96.